The highest BCUT2D eigenvalue weighted by molar-refractivity contribution is 5.91. The molecule has 0 fully saturated rings. The molecule has 0 aliphatic heterocycles. The largest absolute Gasteiger partial charge is 0.462 e. The number of nitrogens with zero attached hydrogens (tertiary/aromatic N) is 4. The van der Waals surface area contributed by atoms with E-state index < -0.39 is 18.0 Å². The van der Waals surface area contributed by atoms with Gasteiger partial charge in [0.2, 0.25) is 0 Å². The van der Waals surface area contributed by atoms with E-state index in [1.807, 2.05) is 0 Å². The van der Waals surface area contributed by atoms with Gasteiger partial charge in [0.15, 0.2) is 0 Å². The molecule has 0 aliphatic rings. The fraction of sp³-hybridized carbons (Fsp3) is 0.455. The van der Waals surface area contributed by atoms with Crippen molar-refractivity contribution < 1.29 is 22.7 Å². The van der Waals surface area contributed by atoms with Crippen molar-refractivity contribution in [3.63, 3.8) is 0 Å². The minimum Gasteiger partial charge on any atom is -0.462 e. The standard InChI is InChI=1S/C11H11F3N4O2/c1-4-20-8(19)7-5(2)15-10-16-9(11(12,13)14)17-18(10)6(7)3/h4H2,1-3H3. The lowest BCUT2D eigenvalue weighted by Crippen LogP contribution is -2.14. The second kappa shape index (κ2) is 4.73. The number of carbonyl (C=O) groups is 1. The van der Waals surface area contributed by atoms with Crippen LogP contribution in [-0.4, -0.2) is 32.2 Å². The molecule has 9 heteroatoms. The van der Waals surface area contributed by atoms with Gasteiger partial charge in [-0.25, -0.2) is 14.3 Å². The molecule has 2 heterocycles. The topological polar surface area (TPSA) is 69.4 Å². The number of rotatable bonds is 2. The zero-order valence-electron chi connectivity index (χ0n) is 10.9. The minimum absolute atomic E-state index is 0.0953. The van der Waals surface area contributed by atoms with Crippen molar-refractivity contribution in [2.24, 2.45) is 0 Å². The smallest absolute Gasteiger partial charge is 0.453 e. The Bertz CT molecular complexity index is 678. The van der Waals surface area contributed by atoms with Gasteiger partial charge >= 0.3 is 12.1 Å². The zero-order chi connectivity index (χ0) is 15.1. The van der Waals surface area contributed by atoms with E-state index in [1.54, 1.807) is 6.92 Å². The summed E-state index contributed by atoms with van der Waals surface area (Å²) >= 11 is 0. The van der Waals surface area contributed by atoms with Crippen LogP contribution < -0.4 is 0 Å². The van der Waals surface area contributed by atoms with Gasteiger partial charge in [-0.1, -0.05) is 0 Å². The summed E-state index contributed by atoms with van der Waals surface area (Å²) in [6.07, 6.45) is -4.67. The van der Waals surface area contributed by atoms with E-state index in [9.17, 15) is 18.0 Å². The maximum Gasteiger partial charge on any atom is 0.453 e. The maximum atomic E-state index is 12.6. The van der Waals surface area contributed by atoms with Gasteiger partial charge in [0.05, 0.1) is 18.0 Å². The van der Waals surface area contributed by atoms with Gasteiger partial charge in [0.25, 0.3) is 11.6 Å². The van der Waals surface area contributed by atoms with Gasteiger partial charge in [-0.3, -0.25) is 0 Å². The summed E-state index contributed by atoms with van der Waals surface area (Å²) in [4.78, 5) is 19.0. The summed E-state index contributed by atoms with van der Waals surface area (Å²) in [5, 5.41) is 3.34. The van der Waals surface area contributed by atoms with Crippen LogP contribution >= 0.6 is 0 Å². The highest BCUT2D eigenvalue weighted by Crippen LogP contribution is 2.27. The number of ether oxygens (including phenoxy) is 1. The lowest BCUT2D eigenvalue weighted by molar-refractivity contribution is -0.144. The van der Waals surface area contributed by atoms with Gasteiger partial charge in [-0.2, -0.15) is 18.2 Å². The Morgan fingerprint density at radius 2 is 1.95 bits per heavy atom. The molecule has 108 valence electrons. The molecule has 0 bridgehead atoms. The number of alkyl halides is 3. The number of hydrogen-bond donors (Lipinski definition) is 0. The average Bonchev–Trinajstić information content (AvgIpc) is 2.73. The van der Waals surface area contributed by atoms with Crippen molar-refractivity contribution in [2.75, 3.05) is 6.61 Å². The second-order valence-electron chi connectivity index (χ2n) is 4.02. The van der Waals surface area contributed by atoms with Gasteiger partial charge in [-0.15, -0.1) is 5.10 Å². The molecule has 6 nitrogen and oxygen atoms in total. The van der Waals surface area contributed by atoms with Crippen LogP contribution in [0.3, 0.4) is 0 Å². The molecule has 0 saturated heterocycles. The Kier molecular flexibility index (Phi) is 3.36. The Hall–Kier alpha value is -2.19. The number of hydrogen-bond acceptors (Lipinski definition) is 5. The predicted molar refractivity (Wildman–Crippen MR) is 61.2 cm³/mol. The first kappa shape index (κ1) is 14.2. The van der Waals surface area contributed by atoms with Crippen LogP contribution in [0.2, 0.25) is 0 Å². The van der Waals surface area contributed by atoms with Crippen LogP contribution in [0.15, 0.2) is 0 Å². The molecule has 0 N–H and O–H groups in total. The van der Waals surface area contributed by atoms with Crippen molar-refractivity contribution in [1.29, 1.82) is 0 Å². The molecule has 0 radical (unpaired) electrons. The molecule has 2 aromatic heterocycles. The number of aromatic nitrogens is 4. The Balaban J connectivity index is 2.66. The number of aryl methyl sites for hydroxylation is 2. The summed E-state index contributed by atoms with van der Waals surface area (Å²) in [7, 11) is 0. The molecule has 0 aliphatic carbocycles. The van der Waals surface area contributed by atoms with E-state index in [1.165, 1.54) is 13.8 Å². The van der Waals surface area contributed by atoms with Gasteiger partial charge in [-0.05, 0) is 20.8 Å². The Morgan fingerprint density at radius 1 is 1.30 bits per heavy atom. The molecular formula is C11H11F3N4O2. The molecule has 2 rings (SSSR count). The number of fused-ring (bicyclic) bond motifs is 1. The first-order valence-electron chi connectivity index (χ1n) is 5.74. The summed E-state index contributed by atoms with van der Waals surface area (Å²) in [6, 6.07) is 0. The SMILES string of the molecule is CCOC(=O)c1c(C)nc2nc(C(F)(F)F)nn2c1C. The first-order valence-corrected chi connectivity index (χ1v) is 5.74. The number of carbonyl (C=O) groups excluding carboxylic acids is 1. The van der Waals surface area contributed by atoms with Crippen LogP contribution in [0.1, 0.15) is 34.5 Å². The summed E-state index contributed by atoms with van der Waals surface area (Å²) in [5.41, 5.74) is 0.543. The maximum absolute atomic E-state index is 12.6. The summed E-state index contributed by atoms with van der Waals surface area (Å²) in [5.74, 6) is -2.16. The highest BCUT2D eigenvalue weighted by atomic mass is 19.4. The fourth-order valence-corrected chi connectivity index (χ4v) is 1.79. The zero-order valence-corrected chi connectivity index (χ0v) is 10.9. The fourth-order valence-electron chi connectivity index (χ4n) is 1.79. The lowest BCUT2D eigenvalue weighted by atomic mass is 10.2. The quantitative estimate of drug-likeness (QED) is 0.790. The number of esters is 1. The molecule has 0 spiro atoms. The summed E-state index contributed by atoms with van der Waals surface area (Å²) in [6.45, 7) is 4.75. The molecule has 0 unspecified atom stereocenters. The van der Waals surface area contributed by atoms with Crippen LogP contribution in [0.4, 0.5) is 13.2 Å². The van der Waals surface area contributed by atoms with E-state index >= 15 is 0 Å². The van der Waals surface area contributed by atoms with Gasteiger partial charge in [0.1, 0.15) is 5.56 Å². The molecule has 0 amide bonds. The second-order valence-corrected chi connectivity index (χ2v) is 4.02. The van der Waals surface area contributed by atoms with Crippen LogP contribution in [0, 0.1) is 13.8 Å². The van der Waals surface area contributed by atoms with Crippen molar-refractivity contribution >= 4 is 11.7 Å². The monoisotopic (exact) mass is 288 g/mol. The van der Waals surface area contributed by atoms with Crippen LogP contribution in [0.5, 0.6) is 0 Å². The highest BCUT2D eigenvalue weighted by Gasteiger charge is 2.37. The molecule has 0 saturated carbocycles. The van der Waals surface area contributed by atoms with E-state index in [0.29, 0.717) is 0 Å². The summed E-state index contributed by atoms with van der Waals surface area (Å²) < 4.78 is 43.5. The molecule has 2 aromatic rings. The molecule has 20 heavy (non-hydrogen) atoms. The van der Waals surface area contributed by atoms with E-state index in [-0.39, 0.29) is 29.3 Å². The lowest BCUT2D eigenvalue weighted by Gasteiger charge is -2.08. The third-order valence-corrected chi connectivity index (χ3v) is 2.63. The van der Waals surface area contributed by atoms with Crippen LogP contribution in [-0.2, 0) is 10.9 Å². The normalized spacial score (nSPS) is 11.9. The average molecular weight is 288 g/mol. The third-order valence-electron chi connectivity index (χ3n) is 2.63. The van der Waals surface area contributed by atoms with E-state index in [2.05, 4.69) is 15.1 Å². The van der Waals surface area contributed by atoms with Crippen molar-refractivity contribution in [2.45, 2.75) is 26.9 Å². The Morgan fingerprint density at radius 3 is 2.50 bits per heavy atom. The minimum atomic E-state index is -4.67. The van der Waals surface area contributed by atoms with Gasteiger partial charge < -0.3 is 4.74 Å². The van der Waals surface area contributed by atoms with Crippen molar-refractivity contribution in [1.82, 2.24) is 19.6 Å². The van der Waals surface area contributed by atoms with Crippen LogP contribution in [0.25, 0.3) is 5.78 Å². The first-order chi connectivity index (χ1) is 9.25. The van der Waals surface area contributed by atoms with Crippen molar-refractivity contribution in [3.05, 3.63) is 22.8 Å². The predicted octanol–water partition coefficient (Wildman–Crippen LogP) is 1.94. The van der Waals surface area contributed by atoms with Crippen molar-refractivity contribution in [3.8, 4) is 0 Å². The number of halogens is 3. The van der Waals surface area contributed by atoms with E-state index in [0.717, 1.165) is 4.52 Å². The molecule has 0 aromatic carbocycles. The Labute approximate surface area is 111 Å². The third kappa shape index (κ3) is 2.30. The molecular weight excluding hydrogens is 277 g/mol. The van der Waals surface area contributed by atoms with Gasteiger partial charge in [0, 0.05) is 0 Å². The van der Waals surface area contributed by atoms with E-state index in [4.69, 9.17) is 4.74 Å². The molecule has 0 atom stereocenters.